The van der Waals surface area contributed by atoms with Crippen molar-refractivity contribution in [2.45, 2.75) is 19.9 Å². The number of imide groups is 1. The Morgan fingerprint density at radius 1 is 1.16 bits per heavy atom. The van der Waals surface area contributed by atoms with E-state index in [0.29, 0.717) is 45.0 Å². The molecule has 2 aromatic carbocycles. The molecule has 31 heavy (non-hydrogen) atoms. The van der Waals surface area contributed by atoms with Gasteiger partial charge in [-0.1, -0.05) is 35.3 Å². The molecule has 1 saturated heterocycles. The molecule has 1 aliphatic heterocycles. The molecule has 2 aromatic rings. The number of carbonyl (C=O) groups excluding carboxylic acids is 2. The van der Waals surface area contributed by atoms with Gasteiger partial charge in [0, 0.05) is 5.56 Å². The molecule has 0 aliphatic carbocycles. The average Bonchev–Trinajstić information content (AvgIpc) is 2.98. The standard InChI is InChI=1S/C23H21Cl2NO4S/c1-4-6-16-9-15(11-19(30-5-2)21(16)29-3)12-20-22(27)26(23(28)31-20)13-14-7-8-17(24)18(25)10-14/h4,7-12H,1,5-6,13H2,2-3H3/b20-12+. The van der Waals surface area contributed by atoms with Gasteiger partial charge in [0.2, 0.25) is 0 Å². The second kappa shape index (κ2) is 10.3. The quantitative estimate of drug-likeness (QED) is 0.326. The minimum atomic E-state index is -0.361. The van der Waals surface area contributed by atoms with Crippen LogP contribution in [0.5, 0.6) is 11.5 Å². The van der Waals surface area contributed by atoms with E-state index < -0.39 is 0 Å². The first kappa shape index (κ1) is 23.3. The van der Waals surface area contributed by atoms with Gasteiger partial charge >= 0.3 is 0 Å². The van der Waals surface area contributed by atoms with Crippen LogP contribution in [0.15, 0.2) is 47.9 Å². The van der Waals surface area contributed by atoms with Gasteiger partial charge in [-0.2, -0.15) is 0 Å². The molecule has 0 bridgehead atoms. The molecule has 0 atom stereocenters. The summed E-state index contributed by atoms with van der Waals surface area (Å²) in [6.07, 6.45) is 4.03. The Bertz CT molecular complexity index is 1070. The van der Waals surface area contributed by atoms with Crippen LogP contribution >= 0.6 is 35.0 Å². The van der Waals surface area contributed by atoms with E-state index in [2.05, 4.69) is 6.58 Å². The number of methoxy groups -OCH3 is 1. The third kappa shape index (κ3) is 5.26. The van der Waals surface area contributed by atoms with Crippen LogP contribution in [0, 0.1) is 0 Å². The number of allylic oxidation sites excluding steroid dienone is 1. The van der Waals surface area contributed by atoms with Crippen molar-refractivity contribution in [2.24, 2.45) is 0 Å². The maximum atomic E-state index is 12.9. The molecule has 3 rings (SSSR count). The van der Waals surface area contributed by atoms with Gasteiger partial charge in [0.15, 0.2) is 11.5 Å². The van der Waals surface area contributed by atoms with Gasteiger partial charge in [-0.25, -0.2) is 0 Å². The van der Waals surface area contributed by atoms with Crippen molar-refractivity contribution >= 4 is 52.2 Å². The molecule has 162 valence electrons. The fourth-order valence-corrected chi connectivity index (χ4v) is 4.34. The van der Waals surface area contributed by atoms with Crippen LogP contribution < -0.4 is 9.47 Å². The minimum Gasteiger partial charge on any atom is -0.493 e. The molecule has 2 amide bonds. The third-order valence-corrected chi connectivity index (χ3v) is 6.16. The number of halogens is 2. The number of hydrogen-bond acceptors (Lipinski definition) is 5. The Labute approximate surface area is 195 Å². The highest BCUT2D eigenvalue weighted by molar-refractivity contribution is 8.18. The second-order valence-corrected chi connectivity index (χ2v) is 8.46. The number of rotatable bonds is 8. The minimum absolute atomic E-state index is 0.118. The molecule has 0 unspecified atom stereocenters. The zero-order chi connectivity index (χ0) is 22.5. The van der Waals surface area contributed by atoms with Crippen LogP contribution in [-0.4, -0.2) is 29.8 Å². The highest BCUT2D eigenvalue weighted by atomic mass is 35.5. The first-order chi connectivity index (χ1) is 14.9. The monoisotopic (exact) mass is 477 g/mol. The molecule has 1 aliphatic rings. The summed E-state index contributed by atoms with van der Waals surface area (Å²) in [6, 6.07) is 8.72. The smallest absolute Gasteiger partial charge is 0.293 e. The van der Waals surface area contributed by atoms with E-state index in [9.17, 15) is 9.59 Å². The largest absolute Gasteiger partial charge is 0.493 e. The van der Waals surface area contributed by atoms with Crippen molar-refractivity contribution in [3.8, 4) is 11.5 Å². The van der Waals surface area contributed by atoms with Gasteiger partial charge in [-0.05, 0) is 66.6 Å². The van der Waals surface area contributed by atoms with E-state index in [4.69, 9.17) is 32.7 Å². The van der Waals surface area contributed by atoms with E-state index in [1.807, 2.05) is 13.0 Å². The van der Waals surface area contributed by atoms with Crippen molar-refractivity contribution < 1.29 is 19.1 Å². The van der Waals surface area contributed by atoms with Crippen molar-refractivity contribution in [2.75, 3.05) is 13.7 Å². The Morgan fingerprint density at radius 2 is 1.94 bits per heavy atom. The summed E-state index contributed by atoms with van der Waals surface area (Å²) in [5.74, 6) is 0.845. The highest BCUT2D eigenvalue weighted by Crippen LogP contribution is 2.37. The first-order valence-corrected chi connectivity index (χ1v) is 11.1. The molecule has 0 saturated carbocycles. The summed E-state index contributed by atoms with van der Waals surface area (Å²) in [5, 5.41) is 0.449. The fourth-order valence-electron chi connectivity index (χ4n) is 3.18. The molecular formula is C23H21Cl2NO4S. The summed E-state index contributed by atoms with van der Waals surface area (Å²) in [5.41, 5.74) is 2.33. The Morgan fingerprint density at radius 3 is 2.58 bits per heavy atom. The predicted octanol–water partition coefficient (Wildman–Crippen LogP) is 6.37. The summed E-state index contributed by atoms with van der Waals surface area (Å²) in [4.78, 5) is 26.9. The SMILES string of the molecule is C=CCc1cc(/C=C2/SC(=O)N(Cc3ccc(Cl)c(Cl)c3)C2=O)cc(OCC)c1OC. The Kier molecular flexibility index (Phi) is 7.70. The zero-order valence-corrected chi connectivity index (χ0v) is 19.4. The number of nitrogens with zero attached hydrogens (tertiary/aromatic N) is 1. The van der Waals surface area contributed by atoms with Gasteiger partial charge in [-0.3, -0.25) is 14.5 Å². The Balaban J connectivity index is 1.91. The third-order valence-electron chi connectivity index (χ3n) is 4.52. The van der Waals surface area contributed by atoms with Crippen LogP contribution in [0.25, 0.3) is 6.08 Å². The molecule has 1 fully saturated rings. The topological polar surface area (TPSA) is 55.8 Å². The fraction of sp³-hybridized carbons (Fsp3) is 0.217. The number of benzene rings is 2. The maximum absolute atomic E-state index is 12.9. The second-order valence-electron chi connectivity index (χ2n) is 6.65. The van der Waals surface area contributed by atoms with Crippen LogP contribution in [0.2, 0.25) is 10.0 Å². The molecule has 0 spiro atoms. The van der Waals surface area contributed by atoms with Crippen molar-refractivity contribution in [3.63, 3.8) is 0 Å². The van der Waals surface area contributed by atoms with Crippen molar-refractivity contribution in [1.82, 2.24) is 4.90 Å². The number of ether oxygens (including phenoxy) is 2. The highest BCUT2D eigenvalue weighted by Gasteiger charge is 2.35. The van der Waals surface area contributed by atoms with Gasteiger partial charge < -0.3 is 9.47 Å². The summed E-state index contributed by atoms with van der Waals surface area (Å²) >= 11 is 12.9. The van der Waals surface area contributed by atoms with E-state index in [1.165, 1.54) is 4.90 Å². The van der Waals surface area contributed by atoms with Crippen LogP contribution in [0.4, 0.5) is 4.79 Å². The number of thioether (sulfide) groups is 1. The molecule has 5 nitrogen and oxygen atoms in total. The lowest BCUT2D eigenvalue weighted by Crippen LogP contribution is -2.27. The van der Waals surface area contributed by atoms with Crippen molar-refractivity contribution in [3.05, 3.63) is 74.6 Å². The summed E-state index contributed by atoms with van der Waals surface area (Å²) < 4.78 is 11.2. The molecule has 0 N–H and O–H groups in total. The lowest BCUT2D eigenvalue weighted by atomic mass is 10.0. The van der Waals surface area contributed by atoms with Crippen LogP contribution in [-0.2, 0) is 17.8 Å². The van der Waals surface area contributed by atoms with Crippen LogP contribution in [0.1, 0.15) is 23.6 Å². The lowest BCUT2D eigenvalue weighted by Gasteiger charge is -2.15. The number of amides is 2. The van der Waals surface area contributed by atoms with E-state index >= 15 is 0 Å². The summed E-state index contributed by atoms with van der Waals surface area (Å²) in [6.45, 7) is 6.25. The zero-order valence-electron chi connectivity index (χ0n) is 17.1. The number of hydrogen-bond donors (Lipinski definition) is 0. The molecule has 1 heterocycles. The molecular weight excluding hydrogens is 457 g/mol. The summed E-state index contributed by atoms with van der Waals surface area (Å²) in [7, 11) is 1.58. The van der Waals surface area contributed by atoms with E-state index in [1.54, 1.807) is 43.5 Å². The molecule has 0 radical (unpaired) electrons. The Hall–Kier alpha value is -2.41. The molecule has 0 aromatic heterocycles. The number of carbonyl (C=O) groups is 2. The normalized spacial score (nSPS) is 15.0. The first-order valence-electron chi connectivity index (χ1n) is 9.51. The van der Waals surface area contributed by atoms with Crippen molar-refractivity contribution in [1.29, 1.82) is 0 Å². The van der Waals surface area contributed by atoms with Gasteiger partial charge in [0.1, 0.15) is 0 Å². The predicted molar refractivity (Wildman–Crippen MR) is 126 cm³/mol. The van der Waals surface area contributed by atoms with Gasteiger partial charge in [0.25, 0.3) is 11.1 Å². The van der Waals surface area contributed by atoms with Gasteiger partial charge in [-0.15, -0.1) is 6.58 Å². The van der Waals surface area contributed by atoms with Gasteiger partial charge in [0.05, 0.1) is 35.2 Å². The maximum Gasteiger partial charge on any atom is 0.293 e. The average molecular weight is 478 g/mol. The van der Waals surface area contributed by atoms with Crippen LogP contribution in [0.3, 0.4) is 0 Å². The van der Waals surface area contributed by atoms with E-state index in [0.717, 1.165) is 22.9 Å². The molecule has 8 heteroatoms. The lowest BCUT2D eigenvalue weighted by molar-refractivity contribution is -0.123. The van der Waals surface area contributed by atoms with E-state index in [-0.39, 0.29) is 17.7 Å².